The number of benzene rings is 2. The number of carbonyl (C=O) groups is 1. The lowest BCUT2D eigenvalue weighted by Gasteiger charge is -2.47. The van der Waals surface area contributed by atoms with Gasteiger partial charge >= 0.3 is 0 Å². The van der Waals surface area contributed by atoms with Crippen LogP contribution in [0.3, 0.4) is 0 Å². The zero-order valence-corrected chi connectivity index (χ0v) is 25.9. The predicted molar refractivity (Wildman–Crippen MR) is 171 cm³/mol. The van der Waals surface area contributed by atoms with E-state index in [0.717, 1.165) is 36.9 Å². The molecule has 2 aromatic rings. The smallest absolute Gasteiger partial charge is 0.251 e. The van der Waals surface area contributed by atoms with Gasteiger partial charge in [-0.05, 0) is 75.6 Å². The molecule has 0 aromatic heterocycles. The Morgan fingerprint density at radius 3 is 2.42 bits per heavy atom. The van der Waals surface area contributed by atoms with Crippen molar-refractivity contribution in [3.8, 4) is 0 Å². The van der Waals surface area contributed by atoms with Crippen LogP contribution >= 0.6 is 23.2 Å². The molecule has 8 nitrogen and oxygen atoms in total. The molecule has 2 aromatic carbocycles. The lowest BCUT2D eigenvalue weighted by atomic mass is 9.99. The number of carbonyl (C=O) groups excluding carboxylic acids is 1. The molecular formula is C30H49ClN4O4S. The van der Waals surface area contributed by atoms with E-state index in [2.05, 4.69) is 36.7 Å². The molecule has 3 atom stereocenters. The Balaban J connectivity index is 0.00000560. The highest BCUT2D eigenvalue weighted by Gasteiger charge is 2.28. The Morgan fingerprint density at radius 2 is 1.77 bits per heavy atom. The van der Waals surface area contributed by atoms with Gasteiger partial charge in [0, 0.05) is 36.9 Å². The maximum absolute atomic E-state index is 13.6. The maximum Gasteiger partial charge on any atom is 0.251 e. The summed E-state index contributed by atoms with van der Waals surface area (Å²) in [5.41, 5.74) is 2.78. The zero-order chi connectivity index (χ0) is 28.4. The molecule has 0 aliphatic carbocycles. The fourth-order valence-electron chi connectivity index (χ4n) is 4.85. The molecule has 10 heteroatoms. The molecule has 0 radical (unpaired) electrons. The van der Waals surface area contributed by atoms with Crippen LogP contribution in [0.2, 0.25) is 0 Å². The van der Waals surface area contributed by atoms with E-state index in [9.17, 15) is 19.0 Å². The summed E-state index contributed by atoms with van der Waals surface area (Å²) in [7, 11) is -2.93. The van der Waals surface area contributed by atoms with Gasteiger partial charge in [0.2, 0.25) is 0 Å². The molecule has 1 aliphatic heterocycles. The van der Waals surface area contributed by atoms with Crippen molar-refractivity contribution in [3.05, 3.63) is 59.7 Å². The third kappa shape index (κ3) is 10.4. The summed E-state index contributed by atoms with van der Waals surface area (Å²) in [6.45, 7) is 10.1. The summed E-state index contributed by atoms with van der Waals surface area (Å²) in [5, 5.41) is 21.0. The van der Waals surface area contributed by atoms with E-state index in [1.165, 1.54) is 0 Å². The van der Waals surface area contributed by atoms with E-state index >= 15 is 0 Å². The molecule has 0 bridgehead atoms. The number of halogens is 1. The van der Waals surface area contributed by atoms with Gasteiger partial charge in [-0.25, -0.2) is 0 Å². The first-order chi connectivity index (χ1) is 18.6. The second-order valence-corrected chi connectivity index (χ2v) is 13.2. The average molecular weight is 597 g/mol. The van der Waals surface area contributed by atoms with Crippen LogP contribution < -0.4 is 20.3 Å². The highest BCUT2D eigenvalue weighted by molar-refractivity contribution is 8.25. The summed E-state index contributed by atoms with van der Waals surface area (Å²) in [5.74, 6) is 0.645. The van der Waals surface area contributed by atoms with Crippen molar-refractivity contribution >= 4 is 40.5 Å². The predicted octanol–water partition coefficient (Wildman–Crippen LogP) is 5.92. The van der Waals surface area contributed by atoms with Gasteiger partial charge in [0.15, 0.2) is 0 Å². The fourth-order valence-corrected chi connectivity index (χ4v) is 6.53. The highest BCUT2D eigenvalue weighted by atomic mass is 35.5. The van der Waals surface area contributed by atoms with Crippen molar-refractivity contribution in [2.24, 2.45) is 5.92 Å². The second kappa shape index (κ2) is 16.4. The molecule has 6 N–H and O–H groups in total. The lowest BCUT2D eigenvalue weighted by molar-refractivity contribution is 0.0825. The van der Waals surface area contributed by atoms with Crippen LogP contribution in [0.15, 0.2) is 48.5 Å². The summed E-state index contributed by atoms with van der Waals surface area (Å²) < 4.78 is 23.0. The number of aliphatic hydroxyl groups excluding tert-OH is 1. The van der Waals surface area contributed by atoms with Crippen LogP contribution in [0, 0.1) is 5.92 Å². The third-order valence-electron chi connectivity index (χ3n) is 7.16. The average Bonchev–Trinajstić information content (AvgIpc) is 2.90. The van der Waals surface area contributed by atoms with Crippen molar-refractivity contribution in [1.82, 2.24) is 10.6 Å². The van der Waals surface area contributed by atoms with Crippen molar-refractivity contribution < 1.29 is 19.0 Å². The van der Waals surface area contributed by atoms with Gasteiger partial charge in [-0.15, -0.1) is 23.2 Å². The highest BCUT2D eigenvalue weighted by Crippen LogP contribution is 2.50. The number of hydrogen-bond acceptors (Lipinski definition) is 7. The Labute approximate surface area is 248 Å². The van der Waals surface area contributed by atoms with Crippen molar-refractivity contribution in [3.63, 3.8) is 0 Å². The molecule has 3 rings (SSSR count). The van der Waals surface area contributed by atoms with Gasteiger partial charge < -0.3 is 21.1 Å². The number of hydrogen-bond donors (Lipinski definition) is 6. The first-order valence-electron chi connectivity index (χ1n) is 14.3. The Hall–Kier alpha value is -2.01. The number of rotatable bonds is 14. The standard InChI is InChI=1S/C30H48N4O4S.ClH/c1-5-31-26-18-25(19-27(20-26)34-15-9-10-16-39(34,37)38)30(36)33-28(17-24-11-7-6-8-12-24)29(35)21-32-23(4)14-13-22(2)3;/h6-8,11-12,18-20,22-23,28-29,31-32,35,37-38H,5,9-10,13-17,21H2,1-4H3,(H,33,36);1H/t23?,28-,29-;/m0./s1. The quantitative estimate of drug-likeness (QED) is 0.160. The minimum Gasteiger partial charge on any atom is -0.390 e. The van der Waals surface area contributed by atoms with E-state index in [1.807, 2.05) is 43.3 Å². The summed E-state index contributed by atoms with van der Waals surface area (Å²) >= 11 is 0. The normalized spacial score (nSPS) is 17.9. The summed E-state index contributed by atoms with van der Waals surface area (Å²) in [4.78, 5) is 13.6. The monoisotopic (exact) mass is 596 g/mol. The van der Waals surface area contributed by atoms with Gasteiger partial charge in [-0.2, -0.15) is 0 Å². The molecule has 1 heterocycles. The first-order valence-corrected chi connectivity index (χ1v) is 15.9. The summed E-state index contributed by atoms with van der Waals surface area (Å²) in [6.07, 6.45) is 3.46. The van der Waals surface area contributed by atoms with Gasteiger partial charge in [-0.3, -0.25) is 18.2 Å². The summed E-state index contributed by atoms with van der Waals surface area (Å²) in [6, 6.07) is 15.0. The minimum atomic E-state index is -2.93. The van der Waals surface area contributed by atoms with Crippen molar-refractivity contribution in [2.45, 2.75) is 78.0 Å². The number of aliphatic hydroxyl groups is 1. The fraction of sp³-hybridized carbons (Fsp3) is 0.567. The topological polar surface area (TPSA) is 117 Å². The molecule has 1 fully saturated rings. The first kappa shape index (κ1) is 34.2. The zero-order valence-electron chi connectivity index (χ0n) is 24.3. The molecule has 0 spiro atoms. The molecule has 1 saturated heterocycles. The molecule has 226 valence electrons. The molecule has 1 amide bonds. The second-order valence-electron chi connectivity index (χ2n) is 11.1. The van der Waals surface area contributed by atoms with E-state index < -0.39 is 22.9 Å². The number of nitrogens with one attached hydrogen (secondary N) is 3. The maximum atomic E-state index is 13.6. The number of anilines is 2. The van der Waals surface area contributed by atoms with Gasteiger partial charge in [-0.1, -0.05) is 44.2 Å². The van der Waals surface area contributed by atoms with Crippen LogP contribution in [-0.4, -0.2) is 63.7 Å². The van der Waals surface area contributed by atoms with Gasteiger partial charge in [0.05, 0.1) is 23.6 Å². The Kier molecular flexibility index (Phi) is 14.1. The number of amides is 1. The number of nitrogens with zero attached hydrogens (tertiary/aromatic N) is 1. The molecular weight excluding hydrogens is 548 g/mol. The largest absolute Gasteiger partial charge is 0.390 e. The molecule has 0 saturated carbocycles. The Bertz CT molecular complexity index is 1040. The van der Waals surface area contributed by atoms with Crippen LogP contribution in [0.4, 0.5) is 11.4 Å². The van der Waals surface area contributed by atoms with Crippen LogP contribution in [-0.2, 0) is 6.42 Å². The lowest BCUT2D eigenvalue weighted by Crippen LogP contribution is -2.49. The van der Waals surface area contributed by atoms with Crippen LogP contribution in [0.5, 0.6) is 0 Å². The van der Waals surface area contributed by atoms with Crippen LogP contribution in [0.25, 0.3) is 0 Å². The van der Waals surface area contributed by atoms with E-state index in [4.69, 9.17) is 0 Å². The third-order valence-corrected chi connectivity index (χ3v) is 9.10. The van der Waals surface area contributed by atoms with Crippen molar-refractivity contribution in [2.75, 3.05) is 35.0 Å². The Morgan fingerprint density at radius 1 is 1.05 bits per heavy atom. The van der Waals surface area contributed by atoms with E-state index in [1.54, 1.807) is 16.4 Å². The molecule has 1 aliphatic rings. The van der Waals surface area contributed by atoms with E-state index in [-0.39, 0.29) is 24.4 Å². The van der Waals surface area contributed by atoms with Gasteiger partial charge in [0.1, 0.15) is 0 Å². The molecule has 1 unspecified atom stereocenters. The van der Waals surface area contributed by atoms with E-state index in [0.29, 0.717) is 49.0 Å². The van der Waals surface area contributed by atoms with Crippen molar-refractivity contribution in [1.29, 1.82) is 0 Å². The van der Waals surface area contributed by atoms with Crippen LogP contribution in [0.1, 0.15) is 69.3 Å². The minimum absolute atomic E-state index is 0. The molecule has 40 heavy (non-hydrogen) atoms. The SMILES string of the molecule is CCNc1cc(C(=O)N[C@@H](Cc2ccccc2)[C@@H](O)CNC(C)CCC(C)C)cc(N2CCCCS2(O)O)c1.Cl. The van der Waals surface area contributed by atoms with Gasteiger partial charge in [0.25, 0.3) is 5.91 Å².